The monoisotopic (exact) mass is 154 g/mol. The number of carbonyl (C=O) groups excluding carboxylic acids is 1. The van der Waals surface area contributed by atoms with Gasteiger partial charge in [0.2, 0.25) is 12.3 Å². The third-order valence-electron chi connectivity index (χ3n) is 0.446. The van der Waals surface area contributed by atoms with Crippen LogP contribution >= 0.6 is 25.0 Å². The Hall–Kier alpha value is 0.130. The molecule has 0 bridgehead atoms. The van der Waals surface area contributed by atoms with Crippen molar-refractivity contribution in [2.75, 3.05) is 5.75 Å². The van der Waals surface area contributed by atoms with Crippen LogP contribution in [-0.2, 0) is 8.98 Å². The normalized spacial score (nSPS) is 8.75. The lowest BCUT2D eigenvalue weighted by molar-refractivity contribution is -0.132. The van der Waals surface area contributed by atoms with Gasteiger partial charge >= 0.3 is 5.97 Å². The molecule has 0 aromatic rings. The van der Waals surface area contributed by atoms with E-state index in [0.29, 0.717) is 5.75 Å². The van der Waals surface area contributed by atoms with Crippen molar-refractivity contribution in [3.63, 3.8) is 0 Å². The van der Waals surface area contributed by atoms with Gasteiger partial charge in [0, 0.05) is 5.75 Å². The van der Waals surface area contributed by atoms with Gasteiger partial charge in [-0.2, -0.15) is 12.6 Å². The molecule has 0 aliphatic carbocycles. The molecule has 0 unspecified atom stereocenters. The van der Waals surface area contributed by atoms with Gasteiger partial charge in [-0.1, -0.05) is 0 Å². The SMILES string of the molecule is O=C(CCS)OSO. The fourth-order valence-electron chi connectivity index (χ4n) is 0.175. The summed E-state index contributed by atoms with van der Waals surface area (Å²) in [5.74, 6) is -0.00755. The molecule has 0 spiro atoms. The summed E-state index contributed by atoms with van der Waals surface area (Å²) in [5, 5.41) is 0. The first kappa shape index (κ1) is 8.13. The molecule has 0 amide bonds. The highest BCUT2D eigenvalue weighted by atomic mass is 32.2. The highest BCUT2D eigenvalue weighted by Gasteiger charge is 1.98. The molecule has 0 aliphatic heterocycles. The van der Waals surface area contributed by atoms with Crippen LogP contribution < -0.4 is 0 Å². The lowest BCUT2D eigenvalue weighted by Gasteiger charge is -1.91. The molecule has 1 N–H and O–H groups in total. The van der Waals surface area contributed by atoms with E-state index in [1.54, 1.807) is 0 Å². The summed E-state index contributed by atoms with van der Waals surface area (Å²) in [6.07, 6.45) is 0.233. The first-order chi connectivity index (χ1) is 3.81. The van der Waals surface area contributed by atoms with Crippen LogP contribution in [0.5, 0.6) is 0 Å². The highest BCUT2D eigenvalue weighted by molar-refractivity contribution is 7.89. The van der Waals surface area contributed by atoms with Crippen molar-refractivity contribution in [2.24, 2.45) is 0 Å². The number of hydrogen-bond donors (Lipinski definition) is 2. The molecule has 0 fully saturated rings. The van der Waals surface area contributed by atoms with Crippen molar-refractivity contribution in [3.05, 3.63) is 0 Å². The molecular formula is C3H6O3S2. The minimum absolute atomic E-state index is 0.0662. The van der Waals surface area contributed by atoms with Crippen molar-refractivity contribution in [2.45, 2.75) is 6.42 Å². The van der Waals surface area contributed by atoms with Crippen LogP contribution in [0.15, 0.2) is 0 Å². The minimum Gasteiger partial charge on any atom is -0.364 e. The summed E-state index contributed by atoms with van der Waals surface area (Å²) in [6.45, 7) is 0. The van der Waals surface area contributed by atoms with Crippen molar-refractivity contribution >= 4 is 30.9 Å². The van der Waals surface area contributed by atoms with Gasteiger partial charge < -0.3 is 4.18 Å². The van der Waals surface area contributed by atoms with Gasteiger partial charge in [-0.25, -0.2) is 0 Å². The van der Waals surface area contributed by atoms with Gasteiger partial charge in [0.15, 0.2) is 0 Å². The molecule has 0 saturated heterocycles. The summed E-state index contributed by atoms with van der Waals surface area (Å²) < 4.78 is 12.0. The summed E-state index contributed by atoms with van der Waals surface area (Å²) in [5.41, 5.74) is 0. The van der Waals surface area contributed by atoms with Gasteiger partial charge in [0.25, 0.3) is 0 Å². The van der Waals surface area contributed by atoms with Crippen LogP contribution in [-0.4, -0.2) is 16.3 Å². The third-order valence-corrected chi connectivity index (χ3v) is 0.930. The van der Waals surface area contributed by atoms with E-state index in [0.717, 1.165) is 0 Å². The van der Waals surface area contributed by atoms with E-state index >= 15 is 0 Å². The van der Waals surface area contributed by atoms with E-state index < -0.39 is 5.97 Å². The smallest absolute Gasteiger partial charge is 0.320 e. The molecule has 0 atom stereocenters. The maximum Gasteiger partial charge on any atom is 0.320 e. The molecule has 0 aromatic heterocycles. The van der Waals surface area contributed by atoms with Crippen LogP contribution in [0.25, 0.3) is 0 Å². The van der Waals surface area contributed by atoms with E-state index in [1.165, 1.54) is 0 Å². The zero-order valence-electron chi connectivity index (χ0n) is 4.03. The van der Waals surface area contributed by atoms with E-state index in [4.69, 9.17) is 4.55 Å². The van der Waals surface area contributed by atoms with Crippen LogP contribution in [0, 0.1) is 0 Å². The summed E-state index contributed by atoms with van der Waals surface area (Å²) >= 11 is 3.83. The third kappa shape index (κ3) is 4.29. The Bertz CT molecular complexity index is 66.9. The molecule has 5 heteroatoms. The Morgan fingerprint density at radius 2 is 2.50 bits per heavy atom. The molecule has 0 radical (unpaired) electrons. The van der Waals surface area contributed by atoms with Crippen LogP contribution in [0.4, 0.5) is 0 Å². The van der Waals surface area contributed by atoms with E-state index in [9.17, 15) is 4.79 Å². The molecule has 48 valence electrons. The Labute approximate surface area is 57.2 Å². The van der Waals surface area contributed by atoms with Crippen LogP contribution in [0.3, 0.4) is 0 Å². The molecule has 8 heavy (non-hydrogen) atoms. The van der Waals surface area contributed by atoms with Crippen molar-refractivity contribution in [1.29, 1.82) is 0 Å². The highest BCUT2D eigenvalue weighted by Crippen LogP contribution is 1.97. The number of thiol groups is 1. The summed E-state index contributed by atoms with van der Waals surface area (Å²) in [6, 6.07) is 0. The second-order valence-corrected chi connectivity index (χ2v) is 1.77. The summed E-state index contributed by atoms with van der Waals surface area (Å²) in [7, 11) is 0. The van der Waals surface area contributed by atoms with Gasteiger partial charge in [0.1, 0.15) is 0 Å². The molecular weight excluding hydrogens is 148 g/mol. The number of hydrogen-bond acceptors (Lipinski definition) is 5. The molecule has 0 saturated carbocycles. The van der Waals surface area contributed by atoms with Gasteiger partial charge in [0.05, 0.1) is 6.42 Å². The quantitative estimate of drug-likeness (QED) is 0.469. The van der Waals surface area contributed by atoms with Gasteiger partial charge in [-0.15, -0.1) is 0 Å². The van der Waals surface area contributed by atoms with Crippen LogP contribution in [0.1, 0.15) is 6.42 Å². The fraction of sp³-hybridized carbons (Fsp3) is 0.667. The maximum absolute atomic E-state index is 10.2. The van der Waals surface area contributed by atoms with Crippen molar-refractivity contribution < 1.29 is 13.5 Å². The van der Waals surface area contributed by atoms with Crippen molar-refractivity contribution in [3.8, 4) is 0 Å². The second-order valence-electron chi connectivity index (χ2n) is 1.00. The molecule has 0 aliphatic rings. The van der Waals surface area contributed by atoms with E-state index in [2.05, 4.69) is 16.8 Å². The van der Waals surface area contributed by atoms with Gasteiger partial charge in [-0.3, -0.25) is 9.35 Å². The predicted octanol–water partition coefficient (Wildman–Crippen LogP) is 0.971. The molecule has 3 nitrogen and oxygen atoms in total. The largest absolute Gasteiger partial charge is 0.364 e. The zero-order chi connectivity index (χ0) is 6.41. The zero-order valence-corrected chi connectivity index (χ0v) is 5.74. The fourth-order valence-corrected chi connectivity index (χ4v) is 0.524. The standard InChI is InChI=1S/C3H6O3S2/c4-3(1-2-7)6-8-5/h5,7H,1-2H2. The Morgan fingerprint density at radius 3 is 2.88 bits per heavy atom. The topological polar surface area (TPSA) is 46.5 Å². The number of carbonyl (C=O) groups is 1. The molecule has 0 rings (SSSR count). The minimum atomic E-state index is -0.451. The average Bonchev–Trinajstić information content (AvgIpc) is 1.68. The first-order valence-corrected chi connectivity index (χ1v) is 3.26. The Balaban J connectivity index is 3.06. The lowest BCUT2D eigenvalue weighted by atomic mass is 10.5. The van der Waals surface area contributed by atoms with Gasteiger partial charge in [-0.05, 0) is 0 Å². The maximum atomic E-state index is 10.2. The van der Waals surface area contributed by atoms with E-state index in [-0.39, 0.29) is 18.7 Å². The second kappa shape index (κ2) is 5.27. The van der Waals surface area contributed by atoms with Crippen LogP contribution in [0.2, 0.25) is 0 Å². The predicted molar refractivity (Wildman–Crippen MR) is 34.8 cm³/mol. The number of rotatable bonds is 3. The molecule has 0 aromatic carbocycles. The summed E-state index contributed by atoms with van der Waals surface area (Å²) in [4.78, 5) is 10.2. The molecule has 0 heterocycles. The Kier molecular flexibility index (Phi) is 5.36. The first-order valence-electron chi connectivity index (χ1n) is 1.93. The van der Waals surface area contributed by atoms with E-state index in [1.807, 2.05) is 0 Å². The van der Waals surface area contributed by atoms with Crippen molar-refractivity contribution in [1.82, 2.24) is 0 Å². The lowest BCUT2D eigenvalue weighted by Crippen LogP contribution is -1.97. The average molecular weight is 154 g/mol. The Morgan fingerprint density at radius 1 is 1.88 bits per heavy atom.